The first-order valence-electron chi connectivity index (χ1n) is 10.5. The third-order valence-corrected chi connectivity index (χ3v) is 6.35. The summed E-state index contributed by atoms with van der Waals surface area (Å²) in [7, 11) is -0.653. The van der Waals surface area contributed by atoms with Crippen molar-refractivity contribution in [1.82, 2.24) is 9.78 Å². The summed E-state index contributed by atoms with van der Waals surface area (Å²) in [6, 6.07) is 10.2. The molecular weight excluding hydrogens is 525 g/mol. The Bertz CT molecular complexity index is 1350. The topological polar surface area (TPSA) is 66.9 Å². The zero-order valence-electron chi connectivity index (χ0n) is 19.1. The molecular formula is C24H21ClF5N3O2S. The van der Waals surface area contributed by atoms with Crippen LogP contribution >= 0.6 is 11.6 Å². The fraction of sp³-hybridized carbons (Fsp3) is 0.208. The number of aromatic nitrogens is 2. The minimum atomic E-state index is -4.55. The fourth-order valence-electron chi connectivity index (χ4n) is 3.28. The van der Waals surface area contributed by atoms with Crippen molar-refractivity contribution < 1.29 is 31.0 Å². The summed E-state index contributed by atoms with van der Waals surface area (Å²) < 4.78 is 82.5. The monoisotopic (exact) mass is 545 g/mol. The Morgan fingerprint density at radius 2 is 1.78 bits per heavy atom. The van der Waals surface area contributed by atoms with E-state index in [9.17, 15) is 26.6 Å². The lowest BCUT2D eigenvalue weighted by atomic mass is 9.98. The van der Waals surface area contributed by atoms with Crippen LogP contribution < -0.4 is 4.72 Å². The Labute approximate surface area is 211 Å². The van der Waals surface area contributed by atoms with E-state index in [-0.39, 0.29) is 5.56 Å². The average molecular weight is 546 g/mol. The van der Waals surface area contributed by atoms with Crippen LogP contribution in [0.2, 0.25) is 5.02 Å². The maximum Gasteiger partial charge on any atom is 0.390 e. The van der Waals surface area contributed by atoms with Gasteiger partial charge < -0.3 is 9.82 Å². The molecule has 2 N–H and O–H groups in total. The number of nitrogens with zero attached hydrogens (tertiary/aromatic N) is 1. The second-order valence-corrected chi connectivity index (χ2v) is 9.59. The molecule has 1 unspecified atom stereocenters. The highest BCUT2D eigenvalue weighted by molar-refractivity contribution is 7.86. The van der Waals surface area contributed by atoms with Gasteiger partial charge >= 0.3 is 6.18 Å². The first kappa shape index (κ1) is 27.4. The number of hydrogen-bond acceptors (Lipinski definition) is 2. The van der Waals surface area contributed by atoms with Gasteiger partial charge in [-0.3, -0.25) is 9.48 Å². The molecule has 1 heterocycles. The van der Waals surface area contributed by atoms with Crippen LogP contribution in [0.3, 0.4) is 0 Å². The van der Waals surface area contributed by atoms with Gasteiger partial charge in [0.25, 0.3) is 0 Å². The van der Waals surface area contributed by atoms with Gasteiger partial charge in [-0.15, -0.1) is 0 Å². The van der Waals surface area contributed by atoms with Gasteiger partial charge in [-0.1, -0.05) is 23.7 Å². The molecule has 0 amide bonds. The number of aryl methyl sites for hydroxylation is 2. The number of alkyl halides is 3. The summed E-state index contributed by atoms with van der Waals surface area (Å²) in [5.74, 6) is -4.39. The number of benzene rings is 2. The van der Waals surface area contributed by atoms with E-state index >= 15 is 4.39 Å². The minimum Gasteiger partial charge on any atom is -0.306 e. The molecule has 0 bridgehead atoms. The number of nitrogens with one attached hydrogen (secondary N) is 2. The maximum atomic E-state index is 15.2. The lowest BCUT2D eigenvalue weighted by molar-refractivity contribution is -0.129. The predicted molar refractivity (Wildman–Crippen MR) is 130 cm³/mol. The number of carbonyl (C=O) groups is 1. The third-order valence-electron chi connectivity index (χ3n) is 5.08. The molecule has 3 rings (SSSR count). The van der Waals surface area contributed by atoms with E-state index in [0.29, 0.717) is 16.1 Å². The first-order valence-corrected chi connectivity index (χ1v) is 12.2. The van der Waals surface area contributed by atoms with Gasteiger partial charge in [-0.05, 0) is 53.9 Å². The van der Waals surface area contributed by atoms with Gasteiger partial charge in [-0.2, -0.15) is 13.2 Å². The highest BCUT2D eigenvalue weighted by Gasteiger charge is 2.28. The number of hydrogen-bond donors (Lipinski definition) is 2. The van der Waals surface area contributed by atoms with Crippen LogP contribution in [0.25, 0.3) is 11.1 Å². The van der Waals surface area contributed by atoms with Crippen molar-refractivity contribution in [3.63, 3.8) is 0 Å². The van der Waals surface area contributed by atoms with Crippen molar-refractivity contribution >= 4 is 34.1 Å². The Hall–Kier alpha value is -3.18. The van der Waals surface area contributed by atoms with Crippen molar-refractivity contribution in [2.75, 3.05) is 10.5 Å². The fourth-order valence-corrected chi connectivity index (χ4v) is 4.32. The van der Waals surface area contributed by atoms with Crippen LogP contribution in [0.5, 0.6) is 0 Å². The number of halogens is 6. The van der Waals surface area contributed by atoms with Gasteiger partial charge in [-0.25, -0.2) is 13.0 Å². The quantitative estimate of drug-likeness (QED) is 0.258. The molecule has 192 valence electrons. The van der Waals surface area contributed by atoms with E-state index in [1.54, 1.807) is 50.5 Å². The molecule has 36 heavy (non-hydrogen) atoms. The largest absolute Gasteiger partial charge is 0.390 e. The third kappa shape index (κ3) is 6.94. The highest BCUT2D eigenvalue weighted by Crippen LogP contribution is 2.27. The van der Waals surface area contributed by atoms with Crippen LogP contribution in [0.4, 0.5) is 27.6 Å². The van der Waals surface area contributed by atoms with E-state index in [0.717, 1.165) is 17.7 Å². The SMILES string of the molecule is Cc1cc(-c2ccc(Cl)cc2)cn(C)[nH]cc1C(=O)c1c(F)ccc(NS(=O)CCC(F)(F)F)c1F. The number of anilines is 1. The summed E-state index contributed by atoms with van der Waals surface area (Å²) >= 11 is 5.95. The molecule has 5 nitrogen and oxygen atoms in total. The summed E-state index contributed by atoms with van der Waals surface area (Å²) in [6.45, 7) is 1.59. The van der Waals surface area contributed by atoms with Crippen LogP contribution in [-0.2, 0) is 18.0 Å². The molecule has 12 heteroatoms. The molecule has 0 saturated heterocycles. The smallest absolute Gasteiger partial charge is 0.306 e. The summed E-state index contributed by atoms with van der Waals surface area (Å²) in [5, 5.41) is 3.37. The van der Waals surface area contributed by atoms with Crippen molar-refractivity contribution in [1.29, 1.82) is 0 Å². The van der Waals surface area contributed by atoms with Crippen molar-refractivity contribution in [2.45, 2.75) is 19.5 Å². The molecule has 2 aromatic carbocycles. The van der Waals surface area contributed by atoms with Crippen LogP contribution in [0.1, 0.15) is 27.9 Å². The molecule has 0 spiro atoms. The van der Waals surface area contributed by atoms with Gasteiger partial charge in [0.1, 0.15) is 16.8 Å². The van der Waals surface area contributed by atoms with E-state index in [1.165, 1.54) is 10.9 Å². The number of aromatic amines is 1. The molecule has 0 fully saturated rings. The van der Waals surface area contributed by atoms with E-state index in [1.807, 2.05) is 0 Å². The zero-order chi connectivity index (χ0) is 26.6. The van der Waals surface area contributed by atoms with Crippen LogP contribution in [0.15, 0.2) is 54.9 Å². The van der Waals surface area contributed by atoms with Crippen LogP contribution in [0, 0.1) is 18.6 Å². The van der Waals surface area contributed by atoms with E-state index in [4.69, 9.17) is 11.6 Å². The molecule has 1 aromatic heterocycles. The first-order chi connectivity index (χ1) is 16.9. The number of carbonyl (C=O) groups excluding carboxylic acids is 1. The Balaban J connectivity index is 2.02. The Morgan fingerprint density at radius 1 is 1.11 bits per heavy atom. The summed E-state index contributed by atoms with van der Waals surface area (Å²) in [5.41, 5.74) is 0.274. The number of H-pyrrole nitrogens is 1. The Kier molecular flexibility index (Phi) is 8.57. The van der Waals surface area contributed by atoms with Gasteiger partial charge in [0, 0.05) is 30.0 Å². The number of rotatable bonds is 7. The summed E-state index contributed by atoms with van der Waals surface area (Å²) in [6.07, 6.45) is -2.88. The van der Waals surface area contributed by atoms with Gasteiger partial charge in [0.2, 0.25) is 5.78 Å². The lowest BCUT2D eigenvalue weighted by Gasteiger charge is -2.13. The molecule has 0 aliphatic carbocycles. The number of ketones is 1. The highest BCUT2D eigenvalue weighted by atomic mass is 35.5. The van der Waals surface area contributed by atoms with Crippen molar-refractivity contribution in [2.24, 2.45) is 7.05 Å². The summed E-state index contributed by atoms with van der Waals surface area (Å²) in [4.78, 5) is 13.3. The lowest BCUT2D eigenvalue weighted by Crippen LogP contribution is -2.18. The molecule has 0 aliphatic rings. The van der Waals surface area contributed by atoms with Crippen molar-refractivity contribution in [3.05, 3.63) is 88.2 Å². The van der Waals surface area contributed by atoms with E-state index in [2.05, 4.69) is 9.82 Å². The Morgan fingerprint density at radius 3 is 2.42 bits per heavy atom. The molecule has 0 radical (unpaired) electrons. The van der Waals surface area contributed by atoms with Crippen LogP contribution in [-0.4, -0.2) is 31.7 Å². The van der Waals surface area contributed by atoms with Gasteiger partial charge in [0.15, 0.2) is 5.82 Å². The molecule has 0 saturated carbocycles. The molecule has 3 aromatic rings. The van der Waals surface area contributed by atoms with E-state index < -0.39 is 58.0 Å². The minimum absolute atomic E-state index is 0.0606. The van der Waals surface area contributed by atoms with Gasteiger partial charge in [0.05, 0.1) is 23.4 Å². The normalized spacial score (nSPS) is 12.2. The second kappa shape index (κ2) is 11.3. The average Bonchev–Trinajstić information content (AvgIpc) is 2.78. The molecule has 1 atom stereocenters. The predicted octanol–water partition coefficient (Wildman–Crippen LogP) is 6.64. The second-order valence-electron chi connectivity index (χ2n) is 7.85. The zero-order valence-corrected chi connectivity index (χ0v) is 20.6. The standard InChI is InChI=1S/C24H21ClF5N3O2S/c1-14-11-16(15-3-5-17(25)6-4-15)13-33(2)31-12-18(14)23(34)21-19(26)7-8-20(22(21)27)32-36(35)10-9-24(28,29)30/h3-8,11-13,31-32H,9-10H2,1-2H3. The maximum absolute atomic E-state index is 15.2. The van der Waals surface area contributed by atoms with Crippen molar-refractivity contribution in [3.8, 4) is 11.1 Å². The molecule has 0 aliphatic heterocycles.